The number of rotatable bonds is 3. The second-order valence-corrected chi connectivity index (χ2v) is 3.70. The Morgan fingerprint density at radius 1 is 1.67 bits per heavy atom. The second kappa shape index (κ2) is 4.80. The summed E-state index contributed by atoms with van der Waals surface area (Å²) in [6.45, 7) is 0. The highest BCUT2D eigenvalue weighted by Gasteiger charge is 2.11. The quantitative estimate of drug-likeness (QED) is 0.911. The zero-order valence-corrected chi connectivity index (χ0v) is 9.54. The van der Waals surface area contributed by atoms with Crippen molar-refractivity contribution in [2.45, 2.75) is 6.42 Å². The van der Waals surface area contributed by atoms with Gasteiger partial charge in [-0.1, -0.05) is 0 Å². The molecule has 5 heteroatoms. The van der Waals surface area contributed by atoms with Gasteiger partial charge in [0.25, 0.3) is 0 Å². The molecule has 1 aromatic carbocycles. The fourth-order valence-corrected chi connectivity index (χ4v) is 1.89. The van der Waals surface area contributed by atoms with Gasteiger partial charge in [0.15, 0.2) is 5.75 Å². The number of carboxylic acid groups (broad SMARTS) is 1. The van der Waals surface area contributed by atoms with Crippen LogP contribution in [0.15, 0.2) is 16.6 Å². The summed E-state index contributed by atoms with van der Waals surface area (Å²) in [6, 6.07) is 5.10. The topological polar surface area (TPSA) is 70.3 Å². The Bertz CT molecular complexity index is 437. The van der Waals surface area contributed by atoms with Crippen molar-refractivity contribution in [1.82, 2.24) is 0 Å². The first-order chi connectivity index (χ1) is 7.08. The minimum atomic E-state index is -0.934. The van der Waals surface area contributed by atoms with E-state index in [0.717, 1.165) is 0 Å². The van der Waals surface area contributed by atoms with Gasteiger partial charge >= 0.3 is 5.97 Å². The minimum absolute atomic E-state index is 0.114. The van der Waals surface area contributed by atoms with Crippen LogP contribution in [0, 0.1) is 11.3 Å². The van der Waals surface area contributed by atoms with Crippen LogP contribution in [0.25, 0.3) is 0 Å². The number of carbonyl (C=O) groups is 1. The molecule has 0 saturated heterocycles. The van der Waals surface area contributed by atoms with Gasteiger partial charge in [-0.3, -0.25) is 4.79 Å². The molecule has 0 heterocycles. The summed E-state index contributed by atoms with van der Waals surface area (Å²) in [5.74, 6) is -0.511. The number of hydrogen-bond donors (Lipinski definition) is 1. The third-order valence-electron chi connectivity index (χ3n) is 1.78. The molecule has 15 heavy (non-hydrogen) atoms. The van der Waals surface area contributed by atoms with Crippen LogP contribution < -0.4 is 4.74 Å². The van der Waals surface area contributed by atoms with E-state index in [1.54, 1.807) is 6.07 Å². The molecule has 1 rings (SSSR count). The summed E-state index contributed by atoms with van der Waals surface area (Å²) < 4.78 is 5.59. The van der Waals surface area contributed by atoms with Crippen molar-refractivity contribution in [3.05, 3.63) is 27.7 Å². The molecular formula is C10H8BrNO3. The van der Waals surface area contributed by atoms with Gasteiger partial charge in [0.2, 0.25) is 0 Å². The maximum atomic E-state index is 10.5. The predicted octanol–water partition coefficient (Wildman–Crippen LogP) is 1.96. The van der Waals surface area contributed by atoms with Gasteiger partial charge in [-0.05, 0) is 33.6 Å². The Labute approximate surface area is 95.2 Å². The highest BCUT2D eigenvalue weighted by Crippen LogP contribution is 2.30. The van der Waals surface area contributed by atoms with Gasteiger partial charge in [-0.2, -0.15) is 5.26 Å². The van der Waals surface area contributed by atoms with Crippen molar-refractivity contribution in [3.8, 4) is 11.8 Å². The van der Waals surface area contributed by atoms with Crippen LogP contribution in [0.2, 0.25) is 0 Å². The second-order valence-electron chi connectivity index (χ2n) is 2.84. The van der Waals surface area contributed by atoms with Crippen LogP contribution in [0.3, 0.4) is 0 Å². The zero-order chi connectivity index (χ0) is 11.4. The lowest BCUT2D eigenvalue weighted by Crippen LogP contribution is -2.01. The molecule has 0 unspecified atom stereocenters. The van der Waals surface area contributed by atoms with E-state index in [1.165, 1.54) is 13.2 Å². The van der Waals surface area contributed by atoms with Gasteiger partial charge < -0.3 is 9.84 Å². The highest BCUT2D eigenvalue weighted by molar-refractivity contribution is 9.10. The van der Waals surface area contributed by atoms with E-state index in [-0.39, 0.29) is 6.42 Å². The number of benzene rings is 1. The molecule has 0 aliphatic carbocycles. The summed E-state index contributed by atoms with van der Waals surface area (Å²) in [5.41, 5.74) is 0.884. The molecule has 0 atom stereocenters. The average Bonchev–Trinajstić information content (AvgIpc) is 2.15. The lowest BCUT2D eigenvalue weighted by Gasteiger charge is -2.07. The Morgan fingerprint density at radius 3 is 2.80 bits per heavy atom. The van der Waals surface area contributed by atoms with Crippen LogP contribution >= 0.6 is 15.9 Å². The molecule has 0 bridgehead atoms. The number of ether oxygens (including phenoxy) is 1. The van der Waals surface area contributed by atoms with E-state index < -0.39 is 5.97 Å². The number of carboxylic acids is 1. The molecular weight excluding hydrogens is 262 g/mol. The van der Waals surface area contributed by atoms with Crippen molar-refractivity contribution in [2.75, 3.05) is 7.11 Å². The molecule has 1 N–H and O–H groups in total. The number of nitriles is 1. The number of nitrogens with zero attached hydrogens (tertiary/aromatic N) is 1. The molecule has 0 spiro atoms. The number of halogens is 1. The van der Waals surface area contributed by atoms with Crippen molar-refractivity contribution in [2.24, 2.45) is 0 Å². The van der Waals surface area contributed by atoms with Crippen LogP contribution in [-0.2, 0) is 11.2 Å². The van der Waals surface area contributed by atoms with Crippen LogP contribution in [-0.4, -0.2) is 18.2 Å². The van der Waals surface area contributed by atoms with Gasteiger partial charge in [0.05, 0.1) is 23.6 Å². The zero-order valence-electron chi connectivity index (χ0n) is 7.95. The smallest absolute Gasteiger partial charge is 0.307 e. The van der Waals surface area contributed by atoms with E-state index >= 15 is 0 Å². The maximum absolute atomic E-state index is 10.5. The van der Waals surface area contributed by atoms with Crippen molar-refractivity contribution >= 4 is 21.9 Å². The predicted molar refractivity (Wildman–Crippen MR) is 56.7 cm³/mol. The first kappa shape index (κ1) is 11.5. The Morgan fingerprint density at radius 2 is 2.33 bits per heavy atom. The molecule has 0 amide bonds. The normalized spacial score (nSPS) is 9.40. The third kappa shape index (κ3) is 2.70. The van der Waals surface area contributed by atoms with E-state index in [0.29, 0.717) is 21.3 Å². The Kier molecular flexibility index (Phi) is 3.69. The molecule has 1 aromatic rings. The van der Waals surface area contributed by atoms with Gasteiger partial charge in [-0.15, -0.1) is 0 Å². The molecule has 0 saturated carbocycles. The molecule has 4 nitrogen and oxygen atoms in total. The average molecular weight is 270 g/mol. The van der Waals surface area contributed by atoms with E-state index in [4.69, 9.17) is 15.1 Å². The highest BCUT2D eigenvalue weighted by atomic mass is 79.9. The van der Waals surface area contributed by atoms with Gasteiger partial charge in [0.1, 0.15) is 6.07 Å². The molecule has 0 radical (unpaired) electrons. The first-order valence-corrected chi connectivity index (χ1v) is 4.86. The fraction of sp³-hybridized carbons (Fsp3) is 0.200. The molecule has 0 aliphatic heterocycles. The van der Waals surface area contributed by atoms with Crippen LogP contribution in [0.4, 0.5) is 0 Å². The minimum Gasteiger partial charge on any atom is -0.494 e. The summed E-state index contributed by atoms with van der Waals surface area (Å²) in [5, 5.41) is 17.5. The molecule has 78 valence electrons. The monoisotopic (exact) mass is 269 g/mol. The van der Waals surface area contributed by atoms with E-state index in [9.17, 15) is 4.79 Å². The Balaban J connectivity index is 3.21. The third-order valence-corrected chi connectivity index (χ3v) is 2.37. The van der Waals surface area contributed by atoms with E-state index in [1.807, 2.05) is 6.07 Å². The maximum Gasteiger partial charge on any atom is 0.307 e. The van der Waals surface area contributed by atoms with Gasteiger partial charge in [0, 0.05) is 0 Å². The number of aliphatic carboxylic acids is 1. The first-order valence-electron chi connectivity index (χ1n) is 4.06. The summed E-state index contributed by atoms with van der Waals surface area (Å²) in [4.78, 5) is 10.5. The van der Waals surface area contributed by atoms with Crippen molar-refractivity contribution in [1.29, 1.82) is 5.26 Å². The fourth-order valence-electron chi connectivity index (χ4n) is 1.22. The SMILES string of the molecule is COc1c(Br)cc(CC(=O)O)cc1C#N. The lowest BCUT2D eigenvalue weighted by atomic mass is 10.1. The van der Waals surface area contributed by atoms with Crippen LogP contribution in [0.5, 0.6) is 5.75 Å². The van der Waals surface area contributed by atoms with Crippen molar-refractivity contribution < 1.29 is 14.6 Å². The van der Waals surface area contributed by atoms with E-state index in [2.05, 4.69) is 15.9 Å². The molecule has 0 aliphatic rings. The summed E-state index contributed by atoms with van der Waals surface area (Å²) in [7, 11) is 1.46. The number of hydrogen-bond acceptors (Lipinski definition) is 3. The largest absolute Gasteiger partial charge is 0.494 e. The Hall–Kier alpha value is -1.54. The standard InChI is InChI=1S/C10H8BrNO3/c1-15-10-7(5-12)2-6(3-8(10)11)4-9(13)14/h2-3H,4H2,1H3,(H,13,14). The van der Waals surface area contributed by atoms with Crippen LogP contribution in [0.1, 0.15) is 11.1 Å². The lowest BCUT2D eigenvalue weighted by molar-refractivity contribution is -0.136. The molecule has 0 fully saturated rings. The number of methoxy groups -OCH3 is 1. The van der Waals surface area contributed by atoms with Gasteiger partial charge in [-0.25, -0.2) is 0 Å². The summed E-state index contributed by atoms with van der Waals surface area (Å²) in [6.07, 6.45) is -0.114. The van der Waals surface area contributed by atoms with Crippen molar-refractivity contribution in [3.63, 3.8) is 0 Å². The molecule has 0 aromatic heterocycles. The summed E-state index contributed by atoms with van der Waals surface area (Å²) >= 11 is 3.22.